The van der Waals surface area contributed by atoms with Gasteiger partial charge in [-0.05, 0) is 23.5 Å². The minimum Gasteiger partial charge on any atom is -0.409 e. The van der Waals surface area contributed by atoms with Crippen molar-refractivity contribution in [1.82, 2.24) is 0 Å². The Morgan fingerprint density at radius 1 is 1.33 bits per heavy atom. The third kappa shape index (κ3) is 2.49. The van der Waals surface area contributed by atoms with Gasteiger partial charge < -0.3 is 10.9 Å². The highest BCUT2D eigenvalue weighted by molar-refractivity contribution is 5.98. The lowest BCUT2D eigenvalue weighted by Gasteiger charge is -2.20. The topological polar surface area (TPSA) is 58.6 Å². The van der Waals surface area contributed by atoms with Crippen LogP contribution in [0.4, 0.5) is 0 Å². The van der Waals surface area contributed by atoms with Crippen molar-refractivity contribution in [2.75, 3.05) is 0 Å². The molecule has 0 atom stereocenters. The zero-order chi connectivity index (χ0) is 11.6. The monoisotopic (exact) mass is 206 g/mol. The van der Waals surface area contributed by atoms with Gasteiger partial charge in [-0.2, -0.15) is 0 Å². The van der Waals surface area contributed by atoms with Crippen molar-refractivity contribution >= 4 is 5.84 Å². The molecule has 0 aliphatic heterocycles. The van der Waals surface area contributed by atoms with E-state index in [1.165, 1.54) is 5.56 Å². The lowest BCUT2D eigenvalue weighted by molar-refractivity contribution is 0.318. The van der Waals surface area contributed by atoms with Gasteiger partial charge in [0, 0.05) is 5.56 Å². The summed E-state index contributed by atoms with van der Waals surface area (Å²) < 4.78 is 0. The molecule has 0 radical (unpaired) electrons. The first-order valence-corrected chi connectivity index (χ1v) is 4.95. The van der Waals surface area contributed by atoms with Crippen molar-refractivity contribution in [3.63, 3.8) is 0 Å². The maximum Gasteiger partial charge on any atom is 0.170 e. The molecule has 0 saturated carbocycles. The summed E-state index contributed by atoms with van der Waals surface area (Å²) in [5.41, 5.74) is 8.73. The number of aryl methyl sites for hydroxylation is 1. The number of nitrogens with zero attached hydrogens (tertiary/aromatic N) is 1. The number of amidine groups is 1. The van der Waals surface area contributed by atoms with Crippen LogP contribution in [0.25, 0.3) is 0 Å². The Bertz CT molecular complexity index is 389. The second kappa shape index (κ2) is 3.93. The quantitative estimate of drug-likeness (QED) is 0.321. The van der Waals surface area contributed by atoms with E-state index in [0.717, 1.165) is 11.1 Å². The average molecular weight is 206 g/mol. The second-order valence-electron chi connectivity index (χ2n) is 4.76. The van der Waals surface area contributed by atoms with Crippen molar-refractivity contribution in [3.05, 3.63) is 34.9 Å². The Morgan fingerprint density at radius 2 is 1.93 bits per heavy atom. The summed E-state index contributed by atoms with van der Waals surface area (Å²) in [6.07, 6.45) is 0. The molecule has 0 spiro atoms. The fourth-order valence-electron chi connectivity index (χ4n) is 1.47. The van der Waals surface area contributed by atoms with Crippen molar-refractivity contribution in [2.45, 2.75) is 33.1 Å². The fraction of sp³-hybridized carbons (Fsp3) is 0.417. The van der Waals surface area contributed by atoms with E-state index in [1.807, 2.05) is 19.1 Å². The number of hydrogen-bond donors (Lipinski definition) is 2. The highest BCUT2D eigenvalue weighted by Gasteiger charge is 2.15. The van der Waals surface area contributed by atoms with Crippen LogP contribution in [0.15, 0.2) is 23.4 Å². The molecule has 15 heavy (non-hydrogen) atoms. The normalized spacial score (nSPS) is 12.9. The summed E-state index contributed by atoms with van der Waals surface area (Å²) in [7, 11) is 0. The van der Waals surface area contributed by atoms with Crippen LogP contribution in [0, 0.1) is 6.92 Å². The van der Waals surface area contributed by atoms with Crippen molar-refractivity contribution in [3.8, 4) is 0 Å². The second-order valence-corrected chi connectivity index (χ2v) is 4.76. The van der Waals surface area contributed by atoms with Gasteiger partial charge in [0.05, 0.1) is 0 Å². The predicted molar refractivity (Wildman–Crippen MR) is 62.4 cm³/mol. The van der Waals surface area contributed by atoms with Gasteiger partial charge in [0.2, 0.25) is 0 Å². The van der Waals surface area contributed by atoms with Crippen molar-refractivity contribution in [2.24, 2.45) is 10.9 Å². The third-order valence-electron chi connectivity index (χ3n) is 2.48. The van der Waals surface area contributed by atoms with E-state index in [0.29, 0.717) is 0 Å². The molecular formula is C12H18N2O. The molecule has 1 rings (SSSR count). The molecule has 0 aliphatic rings. The largest absolute Gasteiger partial charge is 0.409 e. The van der Waals surface area contributed by atoms with Crippen LogP contribution >= 0.6 is 0 Å². The number of nitrogens with two attached hydrogens (primary N) is 1. The molecule has 0 aliphatic carbocycles. The molecule has 1 aromatic carbocycles. The SMILES string of the molecule is Cc1cc(C(C)(C)C)ccc1/C(N)=N/O. The first-order valence-electron chi connectivity index (χ1n) is 4.95. The average Bonchev–Trinajstić information content (AvgIpc) is 2.15. The first-order chi connectivity index (χ1) is 6.86. The zero-order valence-corrected chi connectivity index (χ0v) is 9.70. The molecule has 0 saturated heterocycles. The van der Waals surface area contributed by atoms with Gasteiger partial charge in [-0.3, -0.25) is 0 Å². The summed E-state index contributed by atoms with van der Waals surface area (Å²) in [6, 6.07) is 5.98. The number of oxime groups is 1. The van der Waals surface area contributed by atoms with Gasteiger partial charge in [0.1, 0.15) is 0 Å². The lowest BCUT2D eigenvalue weighted by atomic mass is 9.85. The first kappa shape index (κ1) is 11.6. The molecular weight excluding hydrogens is 188 g/mol. The maximum atomic E-state index is 8.60. The van der Waals surface area contributed by atoms with Crippen LogP contribution in [0.3, 0.4) is 0 Å². The van der Waals surface area contributed by atoms with Crippen LogP contribution < -0.4 is 5.73 Å². The van der Waals surface area contributed by atoms with Crippen LogP contribution in [0.2, 0.25) is 0 Å². The Balaban J connectivity index is 3.21. The van der Waals surface area contributed by atoms with Crippen molar-refractivity contribution in [1.29, 1.82) is 0 Å². The minimum absolute atomic E-state index is 0.119. The summed E-state index contributed by atoms with van der Waals surface area (Å²) >= 11 is 0. The zero-order valence-electron chi connectivity index (χ0n) is 9.70. The summed E-state index contributed by atoms with van der Waals surface area (Å²) in [5.74, 6) is 0.160. The van der Waals surface area contributed by atoms with Crippen LogP contribution in [-0.4, -0.2) is 11.0 Å². The molecule has 3 heteroatoms. The van der Waals surface area contributed by atoms with Gasteiger partial charge >= 0.3 is 0 Å². The van der Waals surface area contributed by atoms with Gasteiger partial charge in [-0.15, -0.1) is 0 Å². The predicted octanol–water partition coefficient (Wildman–Crippen LogP) is 2.39. The number of hydrogen-bond acceptors (Lipinski definition) is 2. The highest BCUT2D eigenvalue weighted by atomic mass is 16.4. The minimum atomic E-state index is 0.119. The van der Waals surface area contributed by atoms with E-state index in [4.69, 9.17) is 10.9 Å². The Morgan fingerprint density at radius 3 is 2.33 bits per heavy atom. The van der Waals surface area contributed by atoms with E-state index in [2.05, 4.69) is 32.0 Å². The van der Waals surface area contributed by atoms with Gasteiger partial charge in [0.25, 0.3) is 0 Å². The van der Waals surface area contributed by atoms with Gasteiger partial charge in [-0.1, -0.05) is 44.1 Å². The molecule has 1 aromatic rings. The summed E-state index contributed by atoms with van der Waals surface area (Å²) in [4.78, 5) is 0. The molecule has 0 amide bonds. The lowest BCUT2D eigenvalue weighted by Crippen LogP contribution is -2.17. The smallest absolute Gasteiger partial charge is 0.170 e. The summed E-state index contributed by atoms with van der Waals surface area (Å²) in [5, 5.41) is 11.6. The van der Waals surface area contributed by atoms with Crippen LogP contribution in [0.1, 0.15) is 37.5 Å². The molecule has 0 unspecified atom stereocenters. The Kier molecular flexibility index (Phi) is 3.03. The summed E-state index contributed by atoms with van der Waals surface area (Å²) in [6.45, 7) is 8.43. The van der Waals surface area contributed by atoms with E-state index in [9.17, 15) is 0 Å². The van der Waals surface area contributed by atoms with E-state index < -0.39 is 0 Å². The maximum absolute atomic E-state index is 8.60. The fourth-order valence-corrected chi connectivity index (χ4v) is 1.47. The molecule has 3 N–H and O–H groups in total. The number of benzene rings is 1. The molecule has 0 bridgehead atoms. The number of rotatable bonds is 1. The molecule has 0 heterocycles. The van der Waals surface area contributed by atoms with Crippen LogP contribution in [-0.2, 0) is 5.41 Å². The van der Waals surface area contributed by atoms with Crippen LogP contribution in [0.5, 0.6) is 0 Å². The van der Waals surface area contributed by atoms with Crippen molar-refractivity contribution < 1.29 is 5.21 Å². The Hall–Kier alpha value is -1.51. The van der Waals surface area contributed by atoms with Gasteiger partial charge in [-0.25, -0.2) is 0 Å². The molecule has 3 nitrogen and oxygen atoms in total. The molecule has 0 fully saturated rings. The van der Waals surface area contributed by atoms with E-state index in [-0.39, 0.29) is 11.3 Å². The third-order valence-corrected chi connectivity index (χ3v) is 2.48. The Labute approximate surface area is 90.6 Å². The van der Waals surface area contributed by atoms with Gasteiger partial charge in [0.15, 0.2) is 5.84 Å². The molecule has 82 valence electrons. The highest BCUT2D eigenvalue weighted by Crippen LogP contribution is 2.24. The van der Waals surface area contributed by atoms with E-state index >= 15 is 0 Å². The molecule has 0 aromatic heterocycles. The van der Waals surface area contributed by atoms with E-state index in [1.54, 1.807) is 0 Å². The standard InChI is InChI=1S/C12H18N2O/c1-8-7-9(12(2,3)4)5-6-10(8)11(13)14-15/h5-7,15H,1-4H3,(H2,13,14).